The van der Waals surface area contributed by atoms with Crippen LogP contribution in [-0.4, -0.2) is 29.6 Å². The predicted octanol–water partition coefficient (Wildman–Crippen LogP) is 2.93. The molecule has 1 aromatic heterocycles. The zero-order valence-electron chi connectivity index (χ0n) is 15.3. The summed E-state index contributed by atoms with van der Waals surface area (Å²) in [7, 11) is 5.99. The van der Waals surface area contributed by atoms with Crippen molar-refractivity contribution in [3.63, 3.8) is 0 Å². The third kappa shape index (κ3) is 4.60. The lowest BCUT2D eigenvalue weighted by Crippen LogP contribution is -2.33. The van der Waals surface area contributed by atoms with Gasteiger partial charge in [-0.1, -0.05) is 26.0 Å². The Bertz CT molecular complexity index is 658. The minimum Gasteiger partial charge on any atom is -0.378 e. The van der Waals surface area contributed by atoms with Crippen molar-refractivity contribution in [2.75, 3.05) is 19.0 Å². The number of rotatable bonds is 7. The molecule has 0 bridgehead atoms. The molecule has 24 heavy (non-hydrogen) atoms. The van der Waals surface area contributed by atoms with Gasteiger partial charge in [0.25, 0.3) is 0 Å². The van der Waals surface area contributed by atoms with E-state index in [0.717, 1.165) is 17.9 Å². The van der Waals surface area contributed by atoms with Crippen molar-refractivity contribution < 1.29 is 4.79 Å². The molecule has 0 spiro atoms. The molecular formula is C19H28N4O. The van der Waals surface area contributed by atoms with Gasteiger partial charge in [0.15, 0.2) is 0 Å². The van der Waals surface area contributed by atoms with Crippen molar-refractivity contribution in [1.29, 1.82) is 0 Å². The van der Waals surface area contributed by atoms with E-state index in [2.05, 4.69) is 53.3 Å². The first kappa shape index (κ1) is 18.0. The molecule has 0 unspecified atom stereocenters. The maximum Gasteiger partial charge on any atom is 0.220 e. The molecule has 2 rings (SSSR count). The second-order valence-electron chi connectivity index (χ2n) is 6.75. The molecule has 1 aromatic carbocycles. The van der Waals surface area contributed by atoms with Crippen molar-refractivity contribution in [1.82, 2.24) is 14.9 Å². The molecule has 1 amide bonds. The standard InChI is InChI=1S/C19H28N4O/c1-14(2)18(19-20-12-13-23(19)5)21-17(24)11-8-15-6-9-16(10-7-15)22(3)4/h6-7,9-10,12-14,18H,8,11H2,1-5H3,(H,21,24)/t18-/m1/s1. The molecule has 0 fully saturated rings. The van der Waals surface area contributed by atoms with Crippen LogP contribution in [0.4, 0.5) is 5.69 Å². The highest BCUT2D eigenvalue weighted by Crippen LogP contribution is 2.20. The zero-order valence-corrected chi connectivity index (χ0v) is 15.3. The van der Waals surface area contributed by atoms with Gasteiger partial charge in [-0.3, -0.25) is 4.79 Å². The first-order valence-corrected chi connectivity index (χ1v) is 8.41. The Balaban J connectivity index is 1.93. The first-order chi connectivity index (χ1) is 11.4. The van der Waals surface area contributed by atoms with Crippen LogP contribution in [-0.2, 0) is 18.3 Å². The van der Waals surface area contributed by atoms with Gasteiger partial charge in [-0.15, -0.1) is 0 Å². The predicted molar refractivity (Wildman–Crippen MR) is 98.0 cm³/mol. The Morgan fingerprint density at radius 3 is 2.42 bits per heavy atom. The number of nitrogens with zero attached hydrogens (tertiary/aromatic N) is 3. The second kappa shape index (κ2) is 7.99. The zero-order chi connectivity index (χ0) is 17.7. The Labute approximate surface area is 144 Å². The normalized spacial score (nSPS) is 12.2. The van der Waals surface area contributed by atoms with Crippen LogP contribution in [0.25, 0.3) is 0 Å². The van der Waals surface area contributed by atoms with Crippen molar-refractivity contribution in [2.24, 2.45) is 13.0 Å². The lowest BCUT2D eigenvalue weighted by Gasteiger charge is -2.22. The van der Waals surface area contributed by atoms with E-state index in [-0.39, 0.29) is 17.9 Å². The number of carbonyl (C=O) groups is 1. The first-order valence-electron chi connectivity index (χ1n) is 8.41. The quantitative estimate of drug-likeness (QED) is 0.850. The third-order valence-electron chi connectivity index (χ3n) is 4.21. The Hall–Kier alpha value is -2.30. The van der Waals surface area contributed by atoms with E-state index < -0.39 is 0 Å². The van der Waals surface area contributed by atoms with Crippen molar-refractivity contribution in [3.8, 4) is 0 Å². The summed E-state index contributed by atoms with van der Waals surface area (Å²) in [6, 6.07) is 8.27. The van der Waals surface area contributed by atoms with Crippen LogP contribution in [0.5, 0.6) is 0 Å². The fourth-order valence-corrected chi connectivity index (χ4v) is 2.67. The molecule has 2 aromatic rings. The van der Waals surface area contributed by atoms with Gasteiger partial charge in [0.1, 0.15) is 5.82 Å². The fourth-order valence-electron chi connectivity index (χ4n) is 2.67. The summed E-state index contributed by atoms with van der Waals surface area (Å²) in [5.41, 5.74) is 2.34. The second-order valence-corrected chi connectivity index (χ2v) is 6.75. The molecular weight excluding hydrogens is 300 g/mol. The molecule has 0 aliphatic rings. The van der Waals surface area contributed by atoms with Gasteiger partial charge in [-0.2, -0.15) is 0 Å². The monoisotopic (exact) mass is 328 g/mol. The van der Waals surface area contributed by atoms with E-state index in [1.54, 1.807) is 6.20 Å². The van der Waals surface area contributed by atoms with Gasteiger partial charge in [-0.25, -0.2) is 4.98 Å². The largest absolute Gasteiger partial charge is 0.378 e. The summed E-state index contributed by atoms with van der Waals surface area (Å²) in [4.78, 5) is 18.8. The van der Waals surface area contributed by atoms with Crippen molar-refractivity contribution >= 4 is 11.6 Å². The van der Waals surface area contributed by atoms with E-state index in [1.807, 2.05) is 31.9 Å². The van der Waals surface area contributed by atoms with Gasteiger partial charge in [-0.05, 0) is 30.0 Å². The van der Waals surface area contributed by atoms with E-state index in [9.17, 15) is 4.79 Å². The number of aromatic nitrogens is 2. The minimum absolute atomic E-state index is 0.0615. The highest BCUT2D eigenvalue weighted by Gasteiger charge is 2.21. The van der Waals surface area contributed by atoms with Crippen molar-refractivity contribution in [2.45, 2.75) is 32.7 Å². The molecule has 130 valence electrons. The molecule has 0 saturated heterocycles. The van der Waals surface area contributed by atoms with Crippen LogP contribution in [0.3, 0.4) is 0 Å². The van der Waals surface area contributed by atoms with Crippen LogP contribution in [0.1, 0.15) is 37.7 Å². The van der Waals surface area contributed by atoms with Gasteiger partial charge >= 0.3 is 0 Å². The highest BCUT2D eigenvalue weighted by molar-refractivity contribution is 5.76. The maximum atomic E-state index is 12.4. The molecule has 1 heterocycles. The summed E-state index contributed by atoms with van der Waals surface area (Å²) >= 11 is 0. The smallest absolute Gasteiger partial charge is 0.220 e. The third-order valence-corrected chi connectivity index (χ3v) is 4.21. The van der Waals surface area contributed by atoms with Crippen LogP contribution in [0, 0.1) is 5.92 Å². The Kier molecular flexibility index (Phi) is 6.01. The molecule has 5 nitrogen and oxygen atoms in total. The molecule has 0 saturated carbocycles. The molecule has 1 N–H and O–H groups in total. The average Bonchev–Trinajstić information content (AvgIpc) is 2.96. The fraction of sp³-hybridized carbons (Fsp3) is 0.474. The lowest BCUT2D eigenvalue weighted by molar-refractivity contribution is -0.122. The van der Waals surface area contributed by atoms with Gasteiger partial charge in [0.2, 0.25) is 5.91 Å². The summed E-state index contributed by atoms with van der Waals surface area (Å²) in [5, 5.41) is 3.13. The summed E-state index contributed by atoms with van der Waals surface area (Å²) in [5.74, 6) is 1.25. The topological polar surface area (TPSA) is 50.2 Å². The summed E-state index contributed by atoms with van der Waals surface area (Å²) in [6.07, 6.45) is 4.90. The molecule has 5 heteroatoms. The summed E-state index contributed by atoms with van der Waals surface area (Å²) < 4.78 is 1.96. The van der Waals surface area contributed by atoms with Gasteiger partial charge < -0.3 is 14.8 Å². The Morgan fingerprint density at radius 2 is 1.92 bits per heavy atom. The number of carbonyl (C=O) groups excluding carboxylic acids is 1. The highest BCUT2D eigenvalue weighted by atomic mass is 16.1. The van der Waals surface area contributed by atoms with Crippen LogP contribution in [0.2, 0.25) is 0 Å². The number of imidazole rings is 1. The van der Waals surface area contributed by atoms with Gasteiger partial charge in [0.05, 0.1) is 6.04 Å². The molecule has 0 radical (unpaired) electrons. The number of benzene rings is 1. The number of nitrogens with one attached hydrogen (secondary N) is 1. The number of anilines is 1. The molecule has 0 aliphatic heterocycles. The van der Waals surface area contributed by atoms with E-state index >= 15 is 0 Å². The maximum absolute atomic E-state index is 12.4. The van der Waals surface area contributed by atoms with E-state index in [0.29, 0.717) is 6.42 Å². The average molecular weight is 328 g/mol. The minimum atomic E-state index is -0.0615. The number of hydrogen-bond donors (Lipinski definition) is 1. The van der Waals surface area contributed by atoms with E-state index in [1.165, 1.54) is 5.56 Å². The van der Waals surface area contributed by atoms with Crippen LogP contribution in [0.15, 0.2) is 36.7 Å². The van der Waals surface area contributed by atoms with E-state index in [4.69, 9.17) is 0 Å². The number of aryl methyl sites for hydroxylation is 2. The number of hydrogen-bond acceptors (Lipinski definition) is 3. The number of amides is 1. The molecule has 1 atom stereocenters. The van der Waals surface area contributed by atoms with Crippen LogP contribution >= 0.6 is 0 Å². The molecule has 0 aliphatic carbocycles. The van der Waals surface area contributed by atoms with Crippen molar-refractivity contribution in [3.05, 3.63) is 48.0 Å². The lowest BCUT2D eigenvalue weighted by atomic mass is 10.0. The summed E-state index contributed by atoms with van der Waals surface area (Å²) in [6.45, 7) is 4.19. The Morgan fingerprint density at radius 1 is 1.25 bits per heavy atom. The van der Waals surface area contributed by atoms with Gasteiger partial charge in [0, 0.05) is 45.6 Å². The SMILES string of the molecule is CC(C)[C@@H](NC(=O)CCc1ccc(N(C)C)cc1)c1nccn1C. The van der Waals surface area contributed by atoms with Crippen LogP contribution < -0.4 is 10.2 Å².